The number of fused-ring (bicyclic) bond motifs is 2. The standard InChI is InChI=1S/C25H37N10O16P3/c1-32(2)25-30-21-14(22(39)31-25)33(3)9-35(21)23-17(38)15(36)11(49-23)5-47-52(40,41)10-53(42,43)51-54(44,45)48-6-12-16(37)18(46-4)24(50-12)34-8-29-13-19(26)27-7-28-20(13)34/h7-9,11-12,15-18,23-24,36-38H,5-6,10H2,1-4H3,(H5-,26,27,28,30,31,39,40,41,42,43,44,45)/p+1/t11-,12-,15-,16-,17-,18-,23-,24-/m1/s1. The van der Waals surface area contributed by atoms with Crippen LogP contribution in [0.2, 0.25) is 0 Å². The highest BCUT2D eigenvalue weighted by atomic mass is 31.3. The quantitative estimate of drug-likeness (QED) is 0.0477. The van der Waals surface area contributed by atoms with E-state index < -0.39 is 96.8 Å². The molecule has 0 bridgehead atoms. The van der Waals surface area contributed by atoms with Crippen molar-refractivity contribution in [1.82, 2.24) is 34.1 Å². The minimum Gasteiger partial charge on any atom is -0.387 e. The summed E-state index contributed by atoms with van der Waals surface area (Å²) in [5.74, 6) is -1.47. The van der Waals surface area contributed by atoms with Crippen molar-refractivity contribution >= 4 is 57.1 Å². The molecule has 2 aliphatic rings. The van der Waals surface area contributed by atoms with Crippen LogP contribution in [-0.2, 0) is 48.3 Å². The molecule has 3 unspecified atom stereocenters. The van der Waals surface area contributed by atoms with Gasteiger partial charge in [-0.05, 0) is 0 Å². The van der Waals surface area contributed by atoms with Crippen molar-refractivity contribution in [3.05, 3.63) is 29.3 Å². The van der Waals surface area contributed by atoms with Crippen LogP contribution in [0.15, 0.2) is 23.8 Å². The Labute approximate surface area is 303 Å². The van der Waals surface area contributed by atoms with E-state index in [4.69, 9.17) is 29.0 Å². The van der Waals surface area contributed by atoms with Crippen LogP contribution >= 0.6 is 23.0 Å². The highest BCUT2D eigenvalue weighted by Gasteiger charge is 2.50. The third kappa shape index (κ3) is 8.00. The van der Waals surface area contributed by atoms with Gasteiger partial charge in [-0.1, -0.05) is 4.98 Å². The number of hydrogen-bond donors (Lipinski definition) is 8. The minimum atomic E-state index is -5.49. The number of H-pyrrole nitrogens is 1. The maximum absolute atomic E-state index is 12.8. The third-order valence-electron chi connectivity index (χ3n) is 8.47. The summed E-state index contributed by atoms with van der Waals surface area (Å²) in [7, 11) is -10.0. The molecule has 4 aromatic rings. The molecule has 2 fully saturated rings. The first-order chi connectivity index (χ1) is 25.2. The van der Waals surface area contributed by atoms with Gasteiger partial charge < -0.3 is 59.4 Å². The van der Waals surface area contributed by atoms with Crippen LogP contribution < -0.4 is 20.8 Å². The Morgan fingerprint density at radius 1 is 1.00 bits per heavy atom. The molecule has 9 N–H and O–H groups in total. The van der Waals surface area contributed by atoms with Gasteiger partial charge in [0.1, 0.15) is 48.5 Å². The fraction of sp³-hybridized carbons (Fsp3) is 0.600. The van der Waals surface area contributed by atoms with E-state index in [9.17, 15) is 48.5 Å². The number of anilines is 2. The van der Waals surface area contributed by atoms with Crippen LogP contribution in [0.25, 0.3) is 22.3 Å². The number of aryl methyl sites for hydroxylation is 1. The van der Waals surface area contributed by atoms with Crippen molar-refractivity contribution in [2.24, 2.45) is 7.05 Å². The number of aromatic nitrogens is 8. The summed E-state index contributed by atoms with van der Waals surface area (Å²) in [4.78, 5) is 64.1. The molecule has 4 aromatic heterocycles. The number of aromatic amines is 1. The van der Waals surface area contributed by atoms with E-state index in [0.29, 0.717) is 0 Å². The maximum atomic E-state index is 12.8. The van der Waals surface area contributed by atoms with Gasteiger partial charge >= 0.3 is 28.7 Å². The maximum Gasteiger partial charge on any atom is 0.479 e. The summed E-state index contributed by atoms with van der Waals surface area (Å²) in [6.45, 7) is -1.81. The smallest absolute Gasteiger partial charge is 0.387 e. The summed E-state index contributed by atoms with van der Waals surface area (Å²) >= 11 is 0. The first kappa shape index (κ1) is 40.4. The number of nitrogen functional groups attached to an aromatic ring is 1. The van der Waals surface area contributed by atoms with E-state index in [0.717, 1.165) is 0 Å². The lowest BCUT2D eigenvalue weighted by Crippen LogP contribution is -2.46. The van der Waals surface area contributed by atoms with Crippen molar-refractivity contribution in [2.45, 2.75) is 49.1 Å². The molecule has 2 saturated heterocycles. The number of methoxy groups -OCH3 is 1. The SMILES string of the molecule is CO[C@@H]1[C@H](O)[C@@H](COP(=O)(O)OP(=O)(O)CP(=O)(O)OC[C@H]2O[C@@H]([n+]3cn(C)c4c(=O)[nH]c(N(C)C)nc43)[C@H](O)[C@@H]2O)O[C@H]1n1cnc2c(N)ncnc21. The zero-order valence-electron chi connectivity index (χ0n) is 28.7. The fourth-order valence-corrected chi connectivity index (χ4v) is 11.0. The van der Waals surface area contributed by atoms with Crippen LogP contribution in [-0.4, -0.2) is 141 Å². The van der Waals surface area contributed by atoms with Crippen molar-refractivity contribution < 1.29 is 75.8 Å². The highest BCUT2D eigenvalue weighted by Crippen LogP contribution is 2.66. The van der Waals surface area contributed by atoms with Crippen LogP contribution in [0.5, 0.6) is 0 Å². The van der Waals surface area contributed by atoms with Gasteiger partial charge in [0.25, 0.3) is 11.5 Å². The average molecular weight is 828 g/mol. The van der Waals surface area contributed by atoms with Crippen molar-refractivity contribution in [3.8, 4) is 0 Å². The molecule has 6 rings (SSSR count). The predicted molar refractivity (Wildman–Crippen MR) is 180 cm³/mol. The lowest BCUT2D eigenvalue weighted by Gasteiger charge is -2.21. The van der Waals surface area contributed by atoms with Crippen LogP contribution in [0.3, 0.4) is 0 Å². The fourth-order valence-electron chi connectivity index (χ4n) is 5.96. The summed E-state index contributed by atoms with van der Waals surface area (Å²) in [6.07, 6.45) is -7.43. The van der Waals surface area contributed by atoms with Gasteiger partial charge in [0.05, 0.1) is 26.6 Å². The monoisotopic (exact) mass is 827 g/mol. The number of imidazole rings is 2. The molecule has 0 amide bonds. The van der Waals surface area contributed by atoms with E-state index in [1.807, 2.05) is 0 Å². The molecule has 29 heteroatoms. The molecule has 54 heavy (non-hydrogen) atoms. The van der Waals surface area contributed by atoms with Crippen LogP contribution in [0.4, 0.5) is 11.8 Å². The lowest BCUT2D eigenvalue weighted by atomic mass is 10.1. The van der Waals surface area contributed by atoms with Crippen LogP contribution in [0.1, 0.15) is 12.5 Å². The summed E-state index contributed by atoms with van der Waals surface area (Å²) in [5, 5.41) is 32.3. The molecule has 2 aliphatic heterocycles. The Morgan fingerprint density at radius 3 is 2.37 bits per heavy atom. The summed E-state index contributed by atoms with van der Waals surface area (Å²) in [6, 6.07) is 0. The average Bonchev–Trinajstić information content (AvgIpc) is 3.81. The molecule has 0 spiro atoms. The Bertz CT molecular complexity index is 2230. The van der Waals surface area contributed by atoms with Crippen molar-refractivity contribution in [1.29, 1.82) is 0 Å². The molecule has 6 heterocycles. The molecule has 0 aromatic carbocycles. The van der Waals surface area contributed by atoms with E-state index in [-0.39, 0.29) is 34.1 Å². The number of nitrogens with zero attached hydrogens (tertiary/aromatic N) is 8. The van der Waals surface area contributed by atoms with E-state index >= 15 is 0 Å². The number of phosphoric acid groups is 1. The number of nitrogens with two attached hydrogens (primary N) is 1. The van der Waals surface area contributed by atoms with Gasteiger partial charge in [-0.25, -0.2) is 28.4 Å². The number of rotatable bonds is 14. The molecular formula is C25H38N10O16P3+. The minimum absolute atomic E-state index is 0.0695. The van der Waals surface area contributed by atoms with Gasteiger partial charge in [0.2, 0.25) is 11.7 Å². The molecule has 0 aliphatic carbocycles. The van der Waals surface area contributed by atoms with E-state index in [1.165, 1.54) is 51.7 Å². The van der Waals surface area contributed by atoms with Crippen molar-refractivity contribution in [3.63, 3.8) is 0 Å². The summed E-state index contributed by atoms with van der Waals surface area (Å²) < 4.78 is 73.2. The lowest BCUT2D eigenvalue weighted by molar-refractivity contribution is -0.745. The van der Waals surface area contributed by atoms with Gasteiger partial charge in [-0.3, -0.25) is 32.6 Å². The summed E-state index contributed by atoms with van der Waals surface area (Å²) in [5.41, 5.74) is 5.94. The number of aliphatic hydroxyl groups excluding tert-OH is 3. The van der Waals surface area contributed by atoms with Crippen molar-refractivity contribution in [2.75, 3.05) is 51.0 Å². The predicted octanol–water partition coefficient (Wildman–Crippen LogP) is -2.59. The molecule has 26 nitrogen and oxygen atoms in total. The second-order valence-electron chi connectivity index (χ2n) is 12.5. The Kier molecular flexibility index (Phi) is 11.2. The number of hydrogen-bond acceptors (Lipinski definition) is 19. The first-order valence-electron chi connectivity index (χ1n) is 15.7. The number of aliphatic hydroxyl groups is 3. The molecular weight excluding hydrogens is 789 g/mol. The second-order valence-corrected chi connectivity index (χ2v) is 18.3. The number of nitrogens with one attached hydrogen (secondary N) is 1. The second kappa shape index (κ2) is 15.0. The first-order valence-corrected chi connectivity index (χ1v) is 20.7. The molecule has 0 radical (unpaired) electrons. The molecule has 298 valence electrons. The van der Waals surface area contributed by atoms with Crippen LogP contribution in [0, 0.1) is 0 Å². The van der Waals surface area contributed by atoms with Gasteiger partial charge in [-0.2, -0.15) is 0 Å². The van der Waals surface area contributed by atoms with E-state index in [1.54, 1.807) is 14.1 Å². The largest absolute Gasteiger partial charge is 0.479 e. The van der Waals surface area contributed by atoms with E-state index in [2.05, 4.69) is 29.2 Å². The molecule has 0 saturated carbocycles. The number of phosphoric ester groups is 1. The van der Waals surface area contributed by atoms with Gasteiger partial charge in [0.15, 0.2) is 29.9 Å². The topological polar surface area (TPSA) is 355 Å². The third-order valence-corrected chi connectivity index (χ3v) is 14.2. The zero-order valence-corrected chi connectivity index (χ0v) is 31.4. The normalized spacial score (nSPS) is 29.4. The highest BCUT2D eigenvalue weighted by molar-refractivity contribution is 7.74. The Morgan fingerprint density at radius 2 is 1.69 bits per heavy atom. The number of ether oxygens (including phenoxy) is 3. The Balaban J connectivity index is 1.06. The molecule has 11 atom stereocenters. The van der Waals surface area contributed by atoms with Gasteiger partial charge in [-0.15, -0.1) is 0 Å². The zero-order chi connectivity index (χ0) is 39.5. The van der Waals surface area contributed by atoms with Gasteiger partial charge in [0, 0.05) is 21.2 Å². The Hall–Kier alpha value is -3.29.